The van der Waals surface area contributed by atoms with E-state index in [1.165, 1.54) is 6.26 Å². The number of hydrogen-bond acceptors (Lipinski definition) is 6. The van der Waals surface area contributed by atoms with Crippen molar-refractivity contribution in [2.75, 3.05) is 5.32 Å². The highest BCUT2D eigenvalue weighted by Gasteiger charge is 2.14. The molecule has 1 aromatic carbocycles. The lowest BCUT2D eigenvalue weighted by Crippen LogP contribution is -2.10. The summed E-state index contributed by atoms with van der Waals surface area (Å²) in [5.74, 6) is -1.24. The highest BCUT2D eigenvalue weighted by molar-refractivity contribution is 7.18. The van der Waals surface area contributed by atoms with Crippen LogP contribution in [-0.4, -0.2) is 17.8 Å². The Hall–Kier alpha value is -3.39. The summed E-state index contributed by atoms with van der Waals surface area (Å²) in [4.78, 5) is 35.4. The van der Waals surface area contributed by atoms with Crippen LogP contribution in [0.15, 0.2) is 59.2 Å². The Kier molecular flexibility index (Phi) is 5.14. The Morgan fingerprint density at radius 1 is 1.08 bits per heavy atom. The van der Waals surface area contributed by atoms with Crippen molar-refractivity contribution in [1.82, 2.24) is 0 Å². The highest BCUT2D eigenvalue weighted by Crippen LogP contribution is 2.23. The summed E-state index contributed by atoms with van der Waals surface area (Å²) in [5.41, 5.74) is 6.28. The molecule has 7 nitrogen and oxygen atoms in total. The number of furan rings is 1. The second kappa shape index (κ2) is 7.66. The summed E-state index contributed by atoms with van der Waals surface area (Å²) in [7, 11) is 0. The second-order valence-corrected chi connectivity index (χ2v) is 6.32. The minimum absolute atomic E-state index is 0.0594. The van der Waals surface area contributed by atoms with Gasteiger partial charge in [0.25, 0.3) is 5.91 Å². The van der Waals surface area contributed by atoms with Crippen LogP contribution in [0.1, 0.15) is 36.1 Å². The lowest BCUT2D eigenvalue weighted by atomic mass is 10.1. The molecule has 2 amide bonds. The van der Waals surface area contributed by atoms with Crippen LogP contribution < -0.4 is 11.1 Å². The van der Waals surface area contributed by atoms with E-state index in [2.05, 4.69) is 5.32 Å². The van der Waals surface area contributed by atoms with Gasteiger partial charge in [0.1, 0.15) is 11.5 Å². The van der Waals surface area contributed by atoms with Crippen molar-refractivity contribution in [2.24, 2.45) is 5.73 Å². The zero-order chi connectivity index (χ0) is 18.5. The molecule has 0 bridgehead atoms. The number of ether oxygens (including phenoxy) is 1. The van der Waals surface area contributed by atoms with Gasteiger partial charge >= 0.3 is 5.97 Å². The van der Waals surface area contributed by atoms with E-state index in [0.717, 1.165) is 16.9 Å². The molecular weight excluding hydrogens is 356 g/mol. The molecule has 0 aliphatic rings. The van der Waals surface area contributed by atoms with Crippen LogP contribution in [0.5, 0.6) is 0 Å². The van der Waals surface area contributed by atoms with E-state index in [0.29, 0.717) is 15.4 Å². The van der Waals surface area contributed by atoms with Crippen LogP contribution in [0, 0.1) is 0 Å². The number of rotatable bonds is 6. The molecule has 0 aliphatic carbocycles. The quantitative estimate of drug-likeness (QED) is 0.648. The van der Waals surface area contributed by atoms with Crippen LogP contribution in [0.2, 0.25) is 0 Å². The monoisotopic (exact) mass is 370 g/mol. The predicted molar refractivity (Wildman–Crippen MR) is 95.1 cm³/mol. The van der Waals surface area contributed by atoms with E-state index in [1.807, 2.05) is 0 Å². The fourth-order valence-corrected chi connectivity index (χ4v) is 2.88. The number of anilines is 1. The van der Waals surface area contributed by atoms with Gasteiger partial charge in [-0.1, -0.05) is 12.1 Å². The normalized spacial score (nSPS) is 10.3. The molecule has 26 heavy (non-hydrogen) atoms. The van der Waals surface area contributed by atoms with Gasteiger partial charge in [-0.2, -0.15) is 0 Å². The molecule has 0 unspecified atom stereocenters. The molecule has 0 saturated carbocycles. The first-order chi connectivity index (χ1) is 12.5. The molecule has 0 fully saturated rings. The number of carbonyl (C=O) groups is 3. The van der Waals surface area contributed by atoms with Crippen LogP contribution in [-0.2, 0) is 11.3 Å². The lowest BCUT2D eigenvalue weighted by Gasteiger charge is -2.04. The average molecular weight is 370 g/mol. The van der Waals surface area contributed by atoms with Crippen molar-refractivity contribution >= 4 is 34.1 Å². The maximum Gasteiger partial charge on any atom is 0.348 e. The Balaban J connectivity index is 1.56. The van der Waals surface area contributed by atoms with Crippen molar-refractivity contribution in [1.29, 1.82) is 0 Å². The van der Waals surface area contributed by atoms with Gasteiger partial charge in [0, 0.05) is 5.56 Å². The van der Waals surface area contributed by atoms with Crippen LogP contribution in [0.3, 0.4) is 0 Å². The summed E-state index contributed by atoms with van der Waals surface area (Å²) in [6, 6.07) is 12.8. The smallest absolute Gasteiger partial charge is 0.348 e. The van der Waals surface area contributed by atoms with Crippen molar-refractivity contribution in [3.05, 3.63) is 76.6 Å². The molecule has 0 spiro atoms. The Bertz CT molecular complexity index is 929. The number of esters is 1. The molecule has 8 heteroatoms. The molecule has 132 valence electrons. The third-order valence-electron chi connectivity index (χ3n) is 3.40. The largest absolute Gasteiger partial charge is 0.459 e. The highest BCUT2D eigenvalue weighted by atomic mass is 32.1. The summed E-state index contributed by atoms with van der Waals surface area (Å²) in [5, 5.41) is 3.15. The van der Waals surface area contributed by atoms with E-state index in [-0.39, 0.29) is 12.4 Å². The Morgan fingerprint density at radius 3 is 2.50 bits per heavy atom. The first-order valence-corrected chi connectivity index (χ1v) is 8.35. The molecule has 0 atom stereocenters. The van der Waals surface area contributed by atoms with Gasteiger partial charge in [-0.05, 0) is 42.0 Å². The van der Waals surface area contributed by atoms with Crippen LogP contribution in [0.4, 0.5) is 5.00 Å². The van der Waals surface area contributed by atoms with E-state index in [1.54, 1.807) is 48.5 Å². The Morgan fingerprint density at radius 2 is 1.85 bits per heavy atom. The minimum atomic E-state index is -0.517. The molecule has 3 aromatic rings. The summed E-state index contributed by atoms with van der Waals surface area (Å²) < 4.78 is 10.2. The molecule has 2 aromatic heterocycles. The van der Waals surface area contributed by atoms with Gasteiger partial charge in [0.05, 0.1) is 11.3 Å². The zero-order valence-electron chi connectivity index (χ0n) is 13.4. The van der Waals surface area contributed by atoms with E-state index in [9.17, 15) is 14.4 Å². The standard InChI is InChI=1S/C18H14N2O5S/c19-16(21)12-5-3-11(4-6-12)10-25-18(23)14-7-8-15(26-14)20-17(22)13-2-1-9-24-13/h1-9H,10H2,(H2,19,21)(H,20,22). The van der Waals surface area contributed by atoms with Crippen molar-refractivity contribution in [3.63, 3.8) is 0 Å². The molecule has 3 N–H and O–H groups in total. The Labute approximate surface area is 152 Å². The number of primary amides is 1. The van der Waals surface area contributed by atoms with Gasteiger partial charge in [0.2, 0.25) is 5.91 Å². The van der Waals surface area contributed by atoms with E-state index >= 15 is 0 Å². The summed E-state index contributed by atoms with van der Waals surface area (Å²) in [6.07, 6.45) is 1.40. The van der Waals surface area contributed by atoms with E-state index in [4.69, 9.17) is 14.9 Å². The van der Waals surface area contributed by atoms with Gasteiger partial charge in [-0.25, -0.2) is 4.79 Å². The molecule has 2 heterocycles. The van der Waals surface area contributed by atoms with Crippen LogP contribution >= 0.6 is 11.3 Å². The van der Waals surface area contributed by atoms with Gasteiger partial charge in [-0.3, -0.25) is 9.59 Å². The predicted octanol–water partition coefficient (Wildman–Crippen LogP) is 3.05. The molecule has 0 radical (unpaired) electrons. The third kappa shape index (κ3) is 4.17. The number of hydrogen-bond donors (Lipinski definition) is 2. The van der Waals surface area contributed by atoms with E-state index < -0.39 is 17.8 Å². The maximum absolute atomic E-state index is 12.1. The first kappa shape index (κ1) is 17.4. The fourth-order valence-electron chi connectivity index (χ4n) is 2.08. The number of nitrogens with two attached hydrogens (primary N) is 1. The minimum Gasteiger partial charge on any atom is -0.459 e. The van der Waals surface area contributed by atoms with Gasteiger partial charge in [-0.15, -0.1) is 11.3 Å². The number of nitrogens with one attached hydrogen (secondary N) is 1. The second-order valence-electron chi connectivity index (χ2n) is 5.23. The molecule has 0 saturated heterocycles. The summed E-state index contributed by atoms with van der Waals surface area (Å²) >= 11 is 1.10. The number of benzene rings is 1. The SMILES string of the molecule is NC(=O)c1ccc(COC(=O)c2ccc(NC(=O)c3ccco3)s2)cc1. The number of thiophene rings is 1. The first-order valence-electron chi connectivity index (χ1n) is 7.53. The van der Waals surface area contributed by atoms with Gasteiger partial charge < -0.3 is 20.2 Å². The number of amides is 2. The zero-order valence-corrected chi connectivity index (χ0v) is 14.2. The van der Waals surface area contributed by atoms with Gasteiger partial charge in [0.15, 0.2) is 5.76 Å². The number of carbonyl (C=O) groups excluding carboxylic acids is 3. The van der Waals surface area contributed by atoms with Crippen molar-refractivity contribution in [3.8, 4) is 0 Å². The van der Waals surface area contributed by atoms with Crippen LogP contribution in [0.25, 0.3) is 0 Å². The van der Waals surface area contributed by atoms with Crippen molar-refractivity contribution in [2.45, 2.75) is 6.61 Å². The topological polar surface area (TPSA) is 112 Å². The fraction of sp³-hybridized carbons (Fsp3) is 0.0556. The third-order valence-corrected chi connectivity index (χ3v) is 4.38. The summed E-state index contributed by atoms with van der Waals surface area (Å²) in [6.45, 7) is 0.0594. The molecular formula is C18H14N2O5S. The maximum atomic E-state index is 12.1. The molecule has 3 rings (SSSR count). The van der Waals surface area contributed by atoms with Crippen molar-refractivity contribution < 1.29 is 23.5 Å². The average Bonchev–Trinajstić information content (AvgIpc) is 3.32. The lowest BCUT2D eigenvalue weighted by molar-refractivity contribution is 0.0478. The molecule has 0 aliphatic heterocycles.